The fraction of sp³-hybridized carbons (Fsp3) is 0.412. The standard InChI is InChI=1S/C17H21ClN4O3S/c1-2-3-4-7-22-16(25)12-6-5-11(18)8-13(12)21-17(22)26-10-15(24)20-9-14(19)23/h5-6,8H,2-4,7,9-10H2,1H3,(H2,19,23)(H,20,24). The van der Waals surface area contributed by atoms with E-state index in [2.05, 4.69) is 17.2 Å². The Morgan fingerprint density at radius 3 is 2.81 bits per heavy atom. The number of thioether (sulfide) groups is 1. The molecule has 0 spiro atoms. The van der Waals surface area contributed by atoms with Crippen LogP contribution >= 0.6 is 23.4 Å². The number of nitrogens with one attached hydrogen (secondary N) is 1. The molecule has 1 aromatic heterocycles. The maximum atomic E-state index is 12.8. The van der Waals surface area contributed by atoms with Gasteiger partial charge in [-0.2, -0.15) is 0 Å². The van der Waals surface area contributed by atoms with Crippen molar-refractivity contribution >= 4 is 46.1 Å². The summed E-state index contributed by atoms with van der Waals surface area (Å²) < 4.78 is 1.60. The van der Waals surface area contributed by atoms with Gasteiger partial charge in [-0.1, -0.05) is 43.1 Å². The molecule has 3 N–H and O–H groups in total. The van der Waals surface area contributed by atoms with Gasteiger partial charge in [0.1, 0.15) is 0 Å². The Morgan fingerprint density at radius 2 is 2.12 bits per heavy atom. The zero-order valence-electron chi connectivity index (χ0n) is 14.5. The Kier molecular flexibility index (Phi) is 7.47. The normalized spacial score (nSPS) is 10.8. The van der Waals surface area contributed by atoms with E-state index in [9.17, 15) is 14.4 Å². The molecule has 0 saturated carbocycles. The zero-order valence-corrected chi connectivity index (χ0v) is 16.0. The molecule has 140 valence electrons. The van der Waals surface area contributed by atoms with Crippen LogP contribution in [0.15, 0.2) is 28.2 Å². The minimum Gasteiger partial charge on any atom is -0.368 e. The van der Waals surface area contributed by atoms with Gasteiger partial charge in [0, 0.05) is 11.6 Å². The van der Waals surface area contributed by atoms with Gasteiger partial charge in [-0.15, -0.1) is 0 Å². The molecule has 0 radical (unpaired) electrons. The summed E-state index contributed by atoms with van der Waals surface area (Å²) >= 11 is 7.14. The highest BCUT2D eigenvalue weighted by atomic mass is 35.5. The predicted octanol–water partition coefficient (Wildman–Crippen LogP) is 1.93. The Hall–Kier alpha value is -2.06. The monoisotopic (exact) mass is 396 g/mol. The first kappa shape index (κ1) is 20.3. The largest absolute Gasteiger partial charge is 0.368 e. The SMILES string of the molecule is CCCCCn1c(SCC(=O)NCC(N)=O)nc2cc(Cl)ccc2c1=O. The molecule has 1 heterocycles. The highest BCUT2D eigenvalue weighted by molar-refractivity contribution is 7.99. The summed E-state index contributed by atoms with van der Waals surface area (Å²) in [6, 6.07) is 4.96. The molecule has 7 nitrogen and oxygen atoms in total. The molecule has 0 aliphatic rings. The lowest BCUT2D eigenvalue weighted by molar-refractivity contribution is -0.123. The van der Waals surface area contributed by atoms with Crippen LogP contribution in [-0.2, 0) is 16.1 Å². The summed E-state index contributed by atoms with van der Waals surface area (Å²) in [4.78, 5) is 39.9. The van der Waals surface area contributed by atoms with Crippen LogP contribution in [0.1, 0.15) is 26.2 Å². The van der Waals surface area contributed by atoms with Crippen LogP contribution in [-0.4, -0.2) is 33.7 Å². The predicted molar refractivity (Wildman–Crippen MR) is 103 cm³/mol. The third-order valence-corrected chi connectivity index (χ3v) is 4.87. The van der Waals surface area contributed by atoms with Crippen molar-refractivity contribution in [3.05, 3.63) is 33.6 Å². The van der Waals surface area contributed by atoms with Gasteiger partial charge in [0.15, 0.2) is 5.16 Å². The molecular weight excluding hydrogens is 376 g/mol. The molecule has 2 amide bonds. The van der Waals surface area contributed by atoms with Crippen LogP contribution in [0.25, 0.3) is 10.9 Å². The topological polar surface area (TPSA) is 107 Å². The van der Waals surface area contributed by atoms with Crippen molar-refractivity contribution in [3.8, 4) is 0 Å². The Morgan fingerprint density at radius 1 is 1.35 bits per heavy atom. The summed E-state index contributed by atoms with van der Waals surface area (Å²) in [5.74, 6) is -0.938. The summed E-state index contributed by atoms with van der Waals surface area (Å²) in [6.45, 7) is 2.40. The molecule has 0 aliphatic heterocycles. The lowest BCUT2D eigenvalue weighted by Crippen LogP contribution is -2.34. The number of rotatable bonds is 9. The maximum Gasteiger partial charge on any atom is 0.262 e. The second-order valence-electron chi connectivity index (χ2n) is 5.75. The molecule has 2 aromatic rings. The smallest absolute Gasteiger partial charge is 0.262 e. The summed E-state index contributed by atoms with van der Waals surface area (Å²) in [5.41, 5.74) is 5.35. The zero-order chi connectivity index (χ0) is 19.1. The highest BCUT2D eigenvalue weighted by Gasteiger charge is 2.14. The number of halogens is 1. The number of amides is 2. The number of carbonyl (C=O) groups excluding carboxylic acids is 2. The third kappa shape index (κ3) is 5.47. The number of primary amides is 1. The van der Waals surface area contributed by atoms with Crippen LogP contribution in [0.5, 0.6) is 0 Å². The van der Waals surface area contributed by atoms with Crippen LogP contribution in [0.2, 0.25) is 5.02 Å². The Labute approximate surface area is 160 Å². The summed E-state index contributed by atoms with van der Waals surface area (Å²) in [6.07, 6.45) is 2.87. The van der Waals surface area contributed by atoms with E-state index in [0.717, 1.165) is 31.0 Å². The van der Waals surface area contributed by atoms with Crippen LogP contribution < -0.4 is 16.6 Å². The molecule has 26 heavy (non-hydrogen) atoms. The molecule has 0 aliphatic carbocycles. The average Bonchev–Trinajstić information content (AvgIpc) is 2.60. The van der Waals surface area contributed by atoms with Gasteiger partial charge in [-0.25, -0.2) is 4.98 Å². The van der Waals surface area contributed by atoms with E-state index in [1.165, 1.54) is 0 Å². The Bertz CT molecular complexity index is 869. The van der Waals surface area contributed by atoms with Crippen molar-refractivity contribution in [3.63, 3.8) is 0 Å². The van der Waals surface area contributed by atoms with E-state index in [4.69, 9.17) is 17.3 Å². The van der Waals surface area contributed by atoms with E-state index >= 15 is 0 Å². The molecule has 0 fully saturated rings. The molecule has 1 aromatic carbocycles. The van der Waals surface area contributed by atoms with Gasteiger partial charge in [-0.05, 0) is 24.6 Å². The number of carbonyl (C=O) groups is 2. The van der Waals surface area contributed by atoms with Crippen LogP contribution in [0.4, 0.5) is 0 Å². The second-order valence-corrected chi connectivity index (χ2v) is 7.13. The van der Waals surface area contributed by atoms with Crippen molar-refractivity contribution in [1.82, 2.24) is 14.9 Å². The fourth-order valence-electron chi connectivity index (χ4n) is 2.37. The van der Waals surface area contributed by atoms with E-state index in [-0.39, 0.29) is 23.8 Å². The fourth-order valence-corrected chi connectivity index (χ4v) is 3.39. The number of aromatic nitrogens is 2. The van der Waals surface area contributed by atoms with Gasteiger partial charge in [0.05, 0.1) is 23.2 Å². The number of nitrogens with two attached hydrogens (primary N) is 1. The molecule has 0 bridgehead atoms. The molecule has 0 unspecified atom stereocenters. The minimum absolute atomic E-state index is 0.0274. The second kappa shape index (κ2) is 9.59. The molecular formula is C17H21ClN4O3S. The molecule has 0 atom stereocenters. The third-order valence-electron chi connectivity index (χ3n) is 3.66. The van der Waals surface area contributed by atoms with Crippen molar-refractivity contribution in [2.24, 2.45) is 5.73 Å². The van der Waals surface area contributed by atoms with E-state index < -0.39 is 5.91 Å². The van der Waals surface area contributed by atoms with Crippen molar-refractivity contribution < 1.29 is 9.59 Å². The number of hydrogen-bond donors (Lipinski definition) is 2. The summed E-state index contributed by atoms with van der Waals surface area (Å²) in [7, 11) is 0. The van der Waals surface area contributed by atoms with E-state index in [1.54, 1.807) is 22.8 Å². The van der Waals surface area contributed by atoms with Gasteiger partial charge in [0.25, 0.3) is 5.56 Å². The highest BCUT2D eigenvalue weighted by Crippen LogP contribution is 2.21. The van der Waals surface area contributed by atoms with E-state index in [1.807, 2.05) is 0 Å². The number of fused-ring (bicyclic) bond motifs is 1. The first-order valence-electron chi connectivity index (χ1n) is 8.30. The quantitative estimate of drug-likeness (QED) is 0.382. The van der Waals surface area contributed by atoms with Crippen molar-refractivity contribution in [1.29, 1.82) is 0 Å². The number of hydrogen-bond acceptors (Lipinski definition) is 5. The Balaban J connectivity index is 2.28. The van der Waals surface area contributed by atoms with Crippen LogP contribution in [0.3, 0.4) is 0 Å². The lowest BCUT2D eigenvalue weighted by atomic mass is 10.2. The van der Waals surface area contributed by atoms with Gasteiger partial charge in [0.2, 0.25) is 11.8 Å². The molecule has 0 saturated heterocycles. The first-order chi connectivity index (χ1) is 12.4. The van der Waals surface area contributed by atoms with Crippen molar-refractivity contribution in [2.45, 2.75) is 37.9 Å². The first-order valence-corrected chi connectivity index (χ1v) is 9.66. The number of benzene rings is 1. The number of nitrogens with zero attached hydrogens (tertiary/aromatic N) is 2. The van der Waals surface area contributed by atoms with Gasteiger partial charge >= 0.3 is 0 Å². The van der Waals surface area contributed by atoms with Crippen LogP contribution in [0, 0.1) is 0 Å². The van der Waals surface area contributed by atoms with Gasteiger partial charge < -0.3 is 11.1 Å². The minimum atomic E-state index is -0.613. The average molecular weight is 397 g/mol. The van der Waals surface area contributed by atoms with Crippen molar-refractivity contribution in [2.75, 3.05) is 12.3 Å². The molecule has 2 rings (SSSR count). The van der Waals surface area contributed by atoms with E-state index in [0.29, 0.717) is 27.6 Å². The molecule has 9 heteroatoms. The number of unbranched alkanes of at least 4 members (excludes halogenated alkanes) is 2. The maximum absolute atomic E-state index is 12.8. The summed E-state index contributed by atoms with van der Waals surface area (Å²) in [5, 5.41) is 3.85. The van der Waals surface area contributed by atoms with Gasteiger partial charge in [-0.3, -0.25) is 19.0 Å². The lowest BCUT2D eigenvalue weighted by Gasteiger charge is -2.13.